The fourth-order valence-corrected chi connectivity index (χ4v) is 4.35. The lowest BCUT2D eigenvalue weighted by Gasteiger charge is -2.20. The van der Waals surface area contributed by atoms with Gasteiger partial charge in [0.25, 0.3) is 0 Å². The number of rotatable bonds is 6. The van der Waals surface area contributed by atoms with Crippen molar-refractivity contribution in [3.63, 3.8) is 0 Å². The number of nitrogens with one attached hydrogen (secondary N) is 1. The summed E-state index contributed by atoms with van der Waals surface area (Å²) in [6.45, 7) is 3.17. The van der Waals surface area contributed by atoms with E-state index in [2.05, 4.69) is 12.2 Å². The molecule has 3 atom stereocenters. The first-order valence-electron chi connectivity index (χ1n) is 7.04. The van der Waals surface area contributed by atoms with Crippen LogP contribution in [0.15, 0.2) is 29.2 Å². The van der Waals surface area contributed by atoms with Crippen LogP contribution in [0, 0.1) is 0 Å². The topological polar surface area (TPSA) is 38.3 Å². The Morgan fingerprint density at radius 1 is 1.42 bits per heavy atom. The van der Waals surface area contributed by atoms with E-state index < -0.39 is 10.8 Å². The van der Waals surface area contributed by atoms with E-state index in [4.69, 9.17) is 4.74 Å². The molecule has 1 aromatic carbocycles. The summed E-state index contributed by atoms with van der Waals surface area (Å²) in [7, 11) is 0.695. The molecule has 1 saturated carbocycles. The Kier molecular flexibility index (Phi) is 5.40. The lowest BCUT2D eigenvalue weighted by atomic mass is 10.2. The van der Waals surface area contributed by atoms with Gasteiger partial charge in [-0.15, -0.1) is 0 Å². The molecule has 3 nitrogen and oxygen atoms in total. The standard InChI is InChI=1S/C15H23NO2S/c1-3-10-16-14-8-5-9-15(14)19(17)13-7-4-6-12(11-13)18-2/h4,6-7,11,14-16H,3,5,8-10H2,1-2H3. The van der Waals surface area contributed by atoms with Gasteiger partial charge in [0, 0.05) is 10.9 Å². The molecule has 19 heavy (non-hydrogen) atoms. The van der Waals surface area contributed by atoms with Crippen LogP contribution in [0.5, 0.6) is 5.75 Å². The van der Waals surface area contributed by atoms with Crippen LogP contribution in [-0.4, -0.2) is 29.2 Å². The highest BCUT2D eigenvalue weighted by atomic mass is 32.2. The minimum absolute atomic E-state index is 0.235. The van der Waals surface area contributed by atoms with Crippen LogP contribution < -0.4 is 10.1 Å². The van der Waals surface area contributed by atoms with E-state index in [-0.39, 0.29) is 5.25 Å². The normalized spacial score (nSPS) is 24.3. The Bertz CT molecular complexity index is 436. The van der Waals surface area contributed by atoms with Gasteiger partial charge in [0.2, 0.25) is 0 Å². The summed E-state index contributed by atoms with van der Waals surface area (Å²) in [6, 6.07) is 8.03. The second-order valence-electron chi connectivity index (χ2n) is 5.01. The van der Waals surface area contributed by atoms with Gasteiger partial charge >= 0.3 is 0 Å². The molecule has 4 heteroatoms. The van der Waals surface area contributed by atoms with Crippen molar-refractivity contribution in [2.45, 2.75) is 48.8 Å². The molecule has 106 valence electrons. The monoisotopic (exact) mass is 281 g/mol. The predicted molar refractivity (Wildman–Crippen MR) is 79.1 cm³/mol. The molecule has 0 amide bonds. The molecular formula is C15H23NO2S. The van der Waals surface area contributed by atoms with Crippen LogP contribution in [-0.2, 0) is 10.8 Å². The van der Waals surface area contributed by atoms with Crippen molar-refractivity contribution in [2.75, 3.05) is 13.7 Å². The first kappa shape index (κ1) is 14.5. The van der Waals surface area contributed by atoms with Gasteiger partial charge in [-0.2, -0.15) is 0 Å². The summed E-state index contributed by atoms with van der Waals surface area (Å²) in [5.74, 6) is 0.780. The summed E-state index contributed by atoms with van der Waals surface area (Å²) >= 11 is 0. The van der Waals surface area contributed by atoms with Gasteiger partial charge in [0.1, 0.15) is 5.75 Å². The van der Waals surface area contributed by atoms with Crippen molar-refractivity contribution in [3.8, 4) is 5.75 Å². The van der Waals surface area contributed by atoms with E-state index in [1.165, 1.54) is 6.42 Å². The third-order valence-electron chi connectivity index (χ3n) is 3.66. The van der Waals surface area contributed by atoms with Crippen LogP contribution in [0.4, 0.5) is 0 Å². The smallest absolute Gasteiger partial charge is 0.120 e. The molecule has 1 aromatic rings. The van der Waals surface area contributed by atoms with Crippen LogP contribution in [0.3, 0.4) is 0 Å². The maximum Gasteiger partial charge on any atom is 0.120 e. The first-order valence-corrected chi connectivity index (χ1v) is 8.25. The molecule has 0 bridgehead atoms. The number of methoxy groups -OCH3 is 1. The van der Waals surface area contributed by atoms with Crippen molar-refractivity contribution in [3.05, 3.63) is 24.3 Å². The molecule has 0 spiro atoms. The number of hydrogen-bond donors (Lipinski definition) is 1. The second-order valence-corrected chi connectivity index (χ2v) is 6.68. The summed E-state index contributed by atoms with van der Waals surface area (Å²) in [5.41, 5.74) is 0. The molecule has 1 fully saturated rings. The summed E-state index contributed by atoms with van der Waals surface area (Å²) < 4.78 is 17.9. The molecule has 0 saturated heterocycles. The zero-order chi connectivity index (χ0) is 13.7. The van der Waals surface area contributed by atoms with Crippen molar-refractivity contribution >= 4 is 10.8 Å². The van der Waals surface area contributed by atoms with E-state index in [1.807, 2.05) is 24.3 Å². The van der Waals surface area contributed by atoms with E-state index in [9.17, 15) is 4.21 Å². The molecule has 0 heterocycles. The average molecular weight is 281 g/mol. The Balaban J connectivity index is 2.09. The van der Waals surface area contributed by atoms with Crippen LogP contribution in [0.2, 0.25) is 0 Å². The Labute approximate surface area is 118 Å². The third-order valence-corrected chi connectivity index (χ3v) is 5.49. The second kappa shape index (κ2) is 7.06. The molecule has 2 rings (SSSR count). The molecule has 0 radical (unpaired) electrons. The molecule has 1 aliphatic rings. The average Bonchev–Trinajstić information content (AvgIpc) is 2.92. The van der Waals surface area contributed by atoms with Crippen molar-refractivity contribution in [1.29, 1.82) is 0 Å². The predicted octanol–water partition coefficient (Wildman–Crippen LogP) is 2.72. The Hall–Kier alpha value is -0.870. The van der Waals surface area contributed by atoms with Gasteiger partial charge in [-0.1, -0.05) is 19.4 Å². The Morgan fingerprint density at radius 3 is 3.00 bits per heavy atom. The zero-order valence-electron chi connectivity index (χ0n) is 11.7. The summed E-state index contributed by atoms with van der Waals surface area (Å²) in [6.07, 6.45) is 4.47. The highest BCUT2D eigenvalue weighted by Gasteiger charge is 2.32. The fraction of sp³-hybridized carbons (Fsp3) is 0.600. The lowest BCUT2D eigenvalue weighted by molar-refractivity contribution is 0.413. The molecule has 0 aromatic heterocycles. The molecule has 1 N–H and O–H groups in total. The summed E-state index contributed by atoms with van der Waals surface area (Å²) in [5, 5.41) is 3.77. The van der Waals surface area contributed by atoms with Crippen LogP contribution >= 0.6 is 0 Å². The van der Waals surface area contributed by atoms with E-state index in [0.29, 0.717) is 6.04 Å². The van der Waals surface area contributed by atoms with Crippen molar-refractivity contribution < 1.29 is 8.95 Å². The van der Waals surface area contributed by atoms with Crippen LogP contribution in [0.1, 0.15) is 32.6 Å². The molecule has 0 aliphatic heterocycles. The molecule has 1 aliphatic carbocycles. The van der Waals surface area contributed by atoms with Gasteiger partial charge < -0.3 is 10.1 Å². The minimum atomic E-state index is -0.947. The minimum Gasteiger partial charge on any atom is -0.497 e. The molecule has 3 unspecified atom stereocenters. The zero-order valence-corrected chi connectivity index (χ0v) is 12.5. The van der Waals surface area contributed by atoms with Crippen molar-refractivity contribution in [1.82, 2.24) is 5.32 Å². The van der Waals surface area contributed by atoms with Gasteiger partial charge in [0.05, 0.1) is 23.2 Å². The quantitative estimate of drug-likeness (QED) is 0.871. The van der Waals surface area contributed by atoms with Gasteiger partial charge in [-0.05, 0) is 44.0 Å². The van der Waals surface area contributed by atoms with Crippen LogP contribution in [0.25, 0.3) is 0 Å². The third kappa shape index (κ3) is 3.57. The highest BCUT2D eigenvalue weighted by molar-refractivity contribution is 7.85. The van der Waals surface area contributed by atoms with E-state index in [0.717, 1.165) is 36.5 Å². The largest absolute Gasteiger partial charge is 0.497 e. The fourth-order valence-electron chi connectivity index (χ4n) is 2.65. The van der Waals surface area contributed by atoms with Crippen molar-refractivity contribution in [2.24, 2.45) is 0 Å². The molecular weight excluding hydrogens is 258 g/mol. The van der Waals surface area contributed by atoms with E-state index >= 15 is 0 Å². The SMILES string of the molecule is CCCNC1CCCC1S(=O)c1cccc(OC)c1. The van der Waals surface area contributed by atoms with Gasteiger partial charge in [-0.3, -0.25) is 4.21 Å². The summed E-state index contributed by atoms with van der Waals surface area (Å²) in [4.78, 5) is 0.884. The van der Waals surface area contributed by atoms with E-state index in [1.54, 1.807) is 7.11 Å². The lowest BCUT2D eigenvalue weighted by Crippen LogP contribution is -2.38. The highest BCUT2D eigenvalue weighted by Crippen LogP contribution is 2.28. The maximum absolute atomic E-state index is 12.7. The van der Waals surface area contributed by atoms with Gasteiger partial charge in [-0.25, -0.2) is 0 Å². The number of ether oxygens (including phenoxy) is 1. The Morgan fingerprint density at radius 2 is 2.26 bits per heavy atom. The first-order chi connectivity index (χ1) is 9.26. The van der Waals surface area contributed by atoms with Gasteiger partial charge in [0.15, 0.2) is 0 Å². The maximum atomic E-state index is 12.7. The number of hydrogen-bond acceptors (Lipinski definition) is 3. The number of benzene rings is 1.